The third kappa shape index (κ3) is 2.45. The number of oxime groups is 1. The molecule has 6 nitrogen and oxygen atoms in total. The predicted molar refractivity (Wildman–Crippen MR) is 62.8 cm³/mol. The number of nitrogens with two attached hydrogens (primary N) is 1. The summed E-state index contributed by atoms with van der Waals surface area (Å²) in [6.45, 7) is 2.26. The molecule has 18 heavy (non-hydrogen) atoms. The molecule has 0 atom stereocenters. The number of nitrogens with zero attached hydrogens (tertiary/aromatic N) is 4. The Kier molecular flexibility index (Phi) is 3.22. The van der Waals surface area contributed by atoms with Crippen molar-refractivity contribution in [3.8, 4) is 0 Å². The van der Waals surface area contributed by atoms with Crippen molar-refractivity contribution < 1.29 is 9.60 Å². The summed E-state index contributed by atoms with van der Waals surface area (Å²) in [5.74, 6) is -0.330. The van der Waals surface area contributed by atoms with Gasteiger partial charge in [0.25, 0.3) is 0 Å². The Bertz CT molecular complexity index is 593. The lowest BCUT2D eigenvalue weighted by Gasteiger charge is -2.05. The Morgan fingerprint density at radius 1 is 1.56 bits per heavy atom. The van der Waals surface area contributed by atoms with Crippen molar-refractivity contribution in [2.45, 2.75) is 13.5 Å². The molecule has 0 unspecified atom stereocenters. The molecule has 3 N–H and O–H groups in total. The molecular formula is C11H12FN5O. The first-order valence-corrected chi connectivity index (χ1v) is 5.22. The first kappa shape index (κ1) is 12.0. The maximum atomic E-state index is 13.1. The second kappa shape index (κ2) is 4.82. The fraction of sp³-hybridized carbons (Fsp3) is 0.182. The third-order valence-corrected chi connectivity index (χ3v) is 2.52. The van der Waals surface area contributed by atoms with E-state index in [2.05, 4.69) is 15.2 Å². The number of aromatic nitrogens is 3. The van der Waals surface area contributed by atoms with Crippen LogP contribution in [0.3, 0.4) is 0 Å². The minimum atomic E-state index is -0.299. The first-order chi connectivity index (χ1) is 8.60. The van der Waals surface area contributed by atoms with Crippen LogP contribution < -0.4 is 5.73 Å². The summed E-state index contributed by atoms with van der Waals surface area (Å²) in [4.78, 5) is 3.88. The average Bonchev–Trinajstić information content (AvgIpc) is 2.81. The van der Waals surface area contributed by atoms with E-state index in [1.165, 1.54) is 23.1 Å². The van der Waals surface area contributed by atoms with Crippen molar-refractivity contribution in [2.24, 2.45) is 10.9 Å². The number of halogens is 1. The van der Waals surface area contributed by atoms with E-state index >= 15 is 0 Å². The first-order valence-electron chi connectivity index (χ1n) is 5.22. The zero-order chi connectivity index (χ0) is 13.1. The molecule has 0 saturated heterocycles. The lowest BCUT2D eigenvalue weighted by molar-refractivity contribution is 0.318. The number of amidine groups is 1. The van der Waals surface area contributed by atoms with Gasteiger partial charge >= 0.3 is 0 Å². The van der Waals surface area contributed by atoms with Gasteiger partial charge in [0.15, 0.2) is 0 Å². The molecule has 0 aliphatic carbocycles. The number of aryl methyl sites for hydroxylation is 1. The summed E-state index contributed by atoms with van der Waals surface area (Å²) in [6.07, 6.45) is 1.44. The molecule has 2 aromatic rings. The number of hydrogen-bond donors (Lipinski definition) is 2. The summed E-state index contributed by atoms with van der Waals surface area (Å²) >= 11 is 0. The quantitative estimate of drug-likeness (QED) is 0.365. The Morgan fingerprint density at radius 3 is 3.06 bits per heavy atom. The summed E-state index contributed by atoms with van der Waals surface area (Å²) in [6, 6.07) is 4.55. The van der Waals surface area contributed by atoms with Crippen molar-refractivity contribution >= 4 is 5.84 Å². The van der Waals surface area contributed by atoms with E-state index in [4.69, 9.17) is 10.9 Å². The van der Waals surface area contributed by atoms with Gasteiger partial charge in [-0.15, -0.1) is 5.10 Å². The normalized spacial score (nSPS) is 11.8. The molecule has 0 amide bonds. The van der Waals surface area contributed by atoms with E-state index in [9.17, 15) is 4.39 Å². The van der Waals surface area contributed by atoms with Crippen LogP contribution >= 0.6 is 0 Å². The maximum Gasteiger partial charge on any atom is 0.219 e. The second-order valence-electron chi connectivity index (χ2n) is 3.82. The fourth-order valence-corrected chi connectivity index (χ4v) is 1.52. The zero-order valence-electron chi connectivity index (χ0n) is 9.71. The van der Waals surface area contributed by atoms with Crippen LogP contribution in [0.5, 0.6) is 0 Å². The van der Waals surface area contributed by atoms with Crippen LogP contribution in [0.25, 0.3) is 0 Å². The van der Waals surface area contributed by atoms with E-state index in [1.54, 1.807) is 6.07 Å². The van der Waals surface area contributed by atoms with Gasteiger partial charge in [0.1, 0.15) is 12.1 Å². The largest absolute Gasteiger partial charge is 0.409 e. The molecule has 7 heteroatoms. The Hall–Kier alpha value is -2.44. The minimum absolute atomic E-state index is 0.131. The van der Waals surface area contributed by atoms with E-state index < -0.39 is 0 Å². The SMILES string of the molecule is Cc1ccc(F)cc1Cn1cnc(/C(N)=N/O)n1. The predicted octanol–water partition coefficient (Wildman–Crippen LogP) is 0.868. The van der Waals surface area contributed by atoms with Crippen molar-refractivity contribution in [1.82, 2.24) is 14.8 Å². The number of benzene rings is 1. The summed E-state index contributed by atoms with van der Waals surface area (Å²) < 4.78 is 14.6. The molecule has 2 rings (SSSR count). The van der Waals surface area contributed by atoms with Crippen LogP contribution in [-0.4, -0.2) is 25.8 Å². The molecule has 1 aromatic carbocycles. The van der Waals surface area contributed by atoms with Gasteiger partial charge in [-0.2, -0.15) is 0 Å². The van der Waals surface area contributed by atoms with Crippen molar-refractivity contribution in [3.63, 3.8) is 0 Å². The van der Waals surface area contributed by atoms with Gasteiger partial charge in [-0.25, -0.2) is 14.1 Å². The maximum absolute atomic E-state index is 13.1. The highest BCUT2D eigenvalue weighted by molar-refractivity contribution is 5.93. The van der Waals surface area contributed by atoms with Crippen molar-refractivity contribution in [1.29, 1.82) is 0 Å². The number of hydrogen-bond acceptors (Lipinski definition) is 4. The van der Waals surface area contributed by atoms with Gasteiger partial charge in [-0.3, -0.25) is 0 Å². The highest BCUT2D eigenvalue weighted by atomic mass is 19.1. The number of rotatable bonds is 3. The van der Waals surface area contributed by atoms with Crippen LogP contribution in [0.4, 0.5) is 4.39 Å². The second-order valence-corrected chi connectivity index (χ2v) is 3.82. The van der Waals surface area contributed by atoms with E-state index in [0.29, 0.717) is 6.54 Å². The van der Waals surface area contributed by atoms with Gasteiger partial charge < -0.3 is 10.9 Å². The smallest absolute Gasteiger partial charge is 0.219 e. The third-order valence-electron chi connectivity index (χ3n) is 2.52. The summed E-state index contributed by atoms with van der Waals surface area (Å²) in [5, 5.41) is 15.3. The molecule has 0 radical (unpaired) electrons. The van der Waals surface area contributed by atoms with Gasteiger partial charge in [-0.05, 0) is 30.2 Å². The topological polar surface area (TPSA) is 89.3 Å². The van der Waals surface area contributed by atoms with Crippen LogP contribution in [-0.2, 0) is 6.54 Å². The fourth-order valence-electron chi connectivity index (χ4n) is 1.52. The molecule has 0 spiro atoms. The van der Waals surface area contributed by atoms with Crippen LogP contribution in [0.15, 0.2) is 29.7 Å². The molecular weight excluding hydrogens is 237 g/mol. The highest BCUT2D eigenvalue weighted by Gasteiger charge is 2.07. The lowest BCUT2D eigenvalue weighted by atomic mass is 10.1. The zero-order valence-corrected chi connectivity index (χ0v) is 9.71. The molecule has 0 aliphatic rings. The standard InChI is InChI=1S/C11H12FN5O/c1-7-2-3-9(12)4-8(7)5-17-6-14-11(15-17)10(13)16-18/h2-4,6,18H,5H2,1H3,(H2,13,16). The van der Waals surface area contributed by atoms with Gasteiger partial charge in [-0.1, -0.05) is 11.2 Å². The molecule has 0 aliphatic heterocycles. The van der Waals surface area contributed by atoms with Crippen molar-refractivity contribution in [2.75, 3.05) is 0 Å². The van der Waals surface area contributed by atoms with Crippen LogP contribution in [0.2, 0.25) is 0 Å². The molecule has 0 saturated carbocycles. The van der Waals surface area contributed by atoms with Gasteiger partial charge in [0, 0.05) is 0 Å². The Morgan fingerprint density at radius 2 is 2.33 bits per heavy atom. The van der Waals surface area contributed by atoms with Crippen LogP contribution in [0, 0.1) is 12.7 Å². The van der Waals surface area contributed by atoms with E-state index in [1.807, 2.05) is 6.92 Å². The summed E-state index contributed by atoms with van der Waals surface area (Å²) in [5.41, 5.74) is 7.11. The Labute approximate surface area is 103 Å². The average molecular weight is 249 g/mol. The van der Waals surface area contributed by atoms with Gasteiger partial charge in [0.05, 0.1) is 6.54 Å². The van der Waals surface area contributed by atoms with Crippen LogP contribution in [0.1, 0.15) is 17.0 Å². The molecule has 94 valence electrons. The minimum Gasteiger partial charge on any atom is -0.409 e. The van der Waals surface area contributed by atoms with Crippen molar-refractivity contribution in [3.05, 3.63) is 47.3 Å². The lowest BCUT2D eigenvalue weighted by Crippen LogP contribution is -2.15. The highest BCUT2D eigenvalue weighted by Crippen LogP contribution is 2.11. The molecule has 0 fully saturated rings. The summed E-state index contributed by atoms with van der Waals surface area (Å²) in [7, 11) is 0. The molecule has 1 aromatic heterocycles. The Balaban J connectivity index is 2.24. The monoisotopic (exact) mass is 249 g/mol. The van der Waals surface area contributed by atoms with E-state index in [-0.39, 0.29) is 17.5 Å². The molecule has 1 heterocycles. The van der Waals surface area contributed by atoms with E-state index in [0.717, 1.165) is 11.1 Å². The molecule has 0 bridgehead atoms. The van der Waals surface area contributed by atoms with Gasteiger partial charge in [0.2, 0.25) is 11.7 Å².